The first-order valence-electron chi connectivity index (χ1n) is 11.7. The Labute approximate surface area is 204 Å². The van der Waals surface area contributed by atoms with Gasteiger partial charge in [0.15, 0.2) is 0 Å². The van der Waals surface area contributed by atoms with Gasteiger partial charge in [0, 0.05) is 43.3 Å². The molecule has 0 bridgehead atoms. The first-order valence-corrected chi connectivity index (χ1v) is 12.5. The van der Waals surface area contributed by atoms with Crippen molar-refractivity contribution in [1.82, 2.24) is 9.80 Å². The van der Waals surface area contributed by atoms with E-state index in [1.807, 2.05) is 40.6 Å². The Morgan fingerprint density at radius 1 is 0.824 bits per heavy atom. The fourth-order valence-electron chi connectivity index (χ4n) is 4.75. The molecule has 1 saturated heterocycles. The molecule has 1 aliphatic rings. The van der Waals surface area contributed by atoms with E-state index < -0.39 is 0 Å². The first kappa shape index (κ1) is 22.4. The van der Waals surface area contributed by atoms with Gasteiger partial charge in [-0.05, 0) is 35.1 Å². The standard InChI is InChI=1S/C29H28N2O2S/c32-27-14-8-7-13-25(27)26-15-18-34-28(26)29(33)31-17-16-30(20-23-11-5-2-6-12-23)21-24(31)19-22-9-3-1-4-10-22/h1-15,18,24,32H,16-17,19-21H2/t24-/m1/s1. The van der Waals surface area contributed by atoms with Crippen LogP contribution >= 0.6 is 11.3 Å². The quantitative estimate of drug-likeness (QED) is 0.395. The van der Waals surface area contributed by atoms with Crippen molar-refractivity contribution < 1.29 is 9.90 Å². The zero-order valence-corrected chi connectivity index (χ0v) is 19.8. The van der Waals surface area contributed by atoms with E-state index in [0.29, 0.717) is 17.0 Å². The maximum Gasteiger partial charge on any atom is 0.264 e. The number of rotatable bonds is 6. The first-order chi connectivity index (χ1) is 16.7. The minimum atomic E-state index is 0.0496. The third-order valence-electron chi connectivity index (χ3n) is 6.44. The maximum absolute atomic E-state index is 13.9. The van der Waals surface area contributed by atoms with Crippen molar-refractivity contribution in [3.05, 3.63) is 112 Å². The zero-order valence-electron chi connectivity index (χ0n) is 19.0. The van der Waals surface area contributed by atoms with Crippen LogP contribution < -0.4 is 0 Å². The van der Waals surface area contributed by atoms with Crippen LogP contribution in [0.15, 0.2) is 96.4 Å². The van der Waals surface area contributed by atoms with E-state index in [9.17, 15) is 9.90 Å². The Morgan fingerprint density at radius 2 is 1.50 bits per heavy atom. The van der Waals surface area contributed by atoms with Crippen molar-refractivity contribution in [2.24, 2.45) is 0 Å². The number of carbonyl (C=O) groups excluding carboxylic acids is 1. The summed E-state index contributed by atoms with van der Waals surface area (Å²) in [5, 5.41) is 12.3. The van der Waals surface area contributed by atoms with Crippen molar-refractivity contribution in [3.63, 3.8) is 0 Å². The molecule has 1 aromatic heterocycles. The minimum Gasteiger partial charge on any atom is -0.507 e. The highest BCUT2D eigenvalue weighted by Crippen LogP contribution is 2.35. The predicted octanol–water partition coefficient (Wildman–Crippen LogP) is 5.69. The monoisotopic (exact) mass is 468 g/mol. The number of hydrogen-bond acceptors (Lipinski definition) is 4. The molecule has 0 unspecified atom stereocenters. The molecule has 1 fully saturated rings. The van der Waals surface area contributed by atoms with Gasteiger partial charge >= 0.3 is 0 Å². The molecule has 1 N–H and O–H groups in total. The topological polar surface area (TPSA) is 43.8 Å². The fraction of sp³-hybridized carbons (Fsp3) is 0.207. The van der Waals surface area contributed by atoms with E-state index in [0.717, 1.165) is 31.6 Å². The van der Waals surface area contributed by atoms with Crippen LogP contribution in [0.3, 0.4) is 0 Å². The van der Waals surface area contributed by atoms with Gasteiger partial charge in [-0.3, -0.25) is 9.69 Å². The number of amides is 1. The van der Waals surface area contributed by atoms with Gasteiger partial charge < -0.3 is 10.0 Å². The average Bonchev–Trinajstić information content (AvgIpc) is 3.35. The number of carbonyl (C=O) groups is 1. The number of piperazine rings is 1. The largest absolute Gasteiger partial charge is 0.507 e. The van der Waals surface area contributed by atoms with Crippen molar-refractivity contribution >= 4 is 17.2 Å². The van der Waals surface area contributed by atoms with Crippen LogP contribution in [0.1, 0.15) is 20.8 Å². The van der Waals surface area contributed by atoms with E-state index >= 15 is 0 Å². The predicted molar refractivity (Wildman–Crippen MR) is 138 cm³/mol. The molecule has 4 nitrogen and oxygen atoms in total. The third kappa shape index (κ3) is 4.91. The van der Waals surface area contributed by atoms with Gasteiger partial charge in [0.2, 0.25) is 0 Å². The molecule has 4 aromatic rings. The van der Waals surface area contributed by atoms with Gasteiger partial charge in [0.1, 0.15) is 5.75 Å². The SMILES string of the molecule is O=C(c1sccc1-c1ccccc1O)N1CCN(Cc2ccccc2)C[C@H]1Cc1ccccc1. The number of phenols is 1. The van der Waals surface area contributed by atoms with Crippen molar-refractivity contribution in [1.29, 1.82) is 0 Å². The molecule has 1 aliphatic heterocycles. The van der Waals surface area contributed by atoms with E-state index in [2.05, 4.69) is 53.4 Å². The Balaban J connectivity index is 1.41. The normalized spacial score (nSPS) is 16.5. The van der Waals surface area contributed by atoms with E-state index in [-0.39, 0.29) is 17.7 Å². The zero-order chi connectivity index (χ0) is 23.3. The second-order valence-corrected chi connectivity index (χ2v) is 9.66. The Hall–Kier alpha value is -3.41. The number of nitrogens with zero attached hydrogens (tertiary/aromatic N) is 2. The third-order valence-corrected chi connectivity index (χ3v) is 7.35. The fourth-order valence-corrected chi connectivity index (χ4v) is 5.62. The van der Waals surface area contributed by atoms with E-state index in [1.54, 1.807) is 12.1 Å². The van der Waals surface area contributed by atoms with Gasteiger partial charge in [-0.25, -0.2) is 0 Å². The molecule has 5 rings (SSSR count). The summed E-state index contributed by atoms with van der Waals surface area (Å²) in [5.41, 5.74) is 4.03. The van der Waals surface area contributed by atoms with Gasteiger partial charge in [-0.1, -0.05) is 78.9 Å². The summed E-state index contributed by atoms with van der Waals surface area (Å²) in [4.78, 5) is 19.1. The smallest absolute Gasteiger partial charge is 0.264 e. The second kappa shape index (κ2) is 10.2. The second-order valence-electron chi connectivity index (χ2n) is 8.74. The van der Waals surface area contributed by atoms with Crippen LogP contribution in [-0.4, -0.2) is 46.5 Å². The molecular formula is C29H28N2O2S. The van der Waals surface area contributed by atoms with Crippen LogP contribution in [0.25, 0.3) is 11.1 Å². The number of phenolic OH excluding ortho intramolecular Hbond substituents is 1. The molecule has 2 heterocycles. The lowest BCUT2D eigenvalue weighted by atomic mass is 10.00. The van der Waals surface area contributed by atoms with E-state index in [1.165, 1.54) is 22.5 Å². The summed E-state index contributed by atoms with van der Waals surface area (Å²) in [5.74, 6) is 0.247. The molecule has 1 amide bonds. The van der Waals surface area contributed by atoms with Crippen LogP contribution in [0.2, 0.25) is 0 Å². The summed E-state index contributed by atoms with van der Waals surface area (Å²) in [6, 6.07) is 30.2. The summed E-state index contributed by atoms with van der Waals surface area (Å²) >= 11 is 1.45. The Morgan fingerprint density at radius 3 is 2.24 bits per heavy atom. The summed E-state index contributed by atoms with van der Waals surface area (Å²) in [6.45, 7) is 3.23. The number of hydrogen-bond donors (Lipinski definition) is 1. The molecule has 0 aliphatic carbocycles. The summed E-state index contributed by atoms with van der Waals surface area (Å²) < 4.78 is 0. The highest BCUT2D eigenvalue weighted by Gasteiger charge is 2.33. The molecule has 172 valence electrons. The lowest BCUT2D eigenvalue weighted by Gasteiger charge is -2.41. The Kier molecular flexibility index (Phi) is 6.74. The van der Waals surface area contributed by atoms with Crippen LogP contribution in [0.5, 0.6) is 5.75 Å². The van der Waals surface area contributed by atoms with E-state index in [4.69, 9.17) is 0 Å². The molecule has 0 spiro atoms. The highest BCUT2D eigenvalue weighted by atomic mass is 32.1. The van der Waals surface area contributed by atoms with Crippen molar-refractivity contribution in [2.75, 3.05) is 19.6 Å². The van der Waals surface area contributed by atoms with Gasteiger partial charge in [0.05, 0.1) is 4.88 Å². The highest BCUT2D eigenvalue weighted by molar-refractivity contribution is 7.12. The lowest BCUT2D eigenvalue weighted by molar-refractivity contribution is 0.0444. The average molecular weight is 469 g/mol. The minimum absolute atomic E-state index is 0.0496. The molecule has 0 radical (unpaired) electrons. The van der Waals surface area contributed by atoms with Crippen molar-refractivity contribution in [3.8, 4) is 16.9 Å². The molecular weight excluding hydrogens is 440 g/mol. The molecule has 0 saturated carbocycles. The number of thiophene rings is 1. The number of para-hydroxylation sites is 1. The number of benzene rings is 3. The lowest BCUT2D eigenvalue weighted by Crippen LogP contribution is -2.55. The molecule has 34 heavy (non-hydrogen) atoms. The van der Waals surface area contributed by atoms with Gasteiger partial charge in [-0.2, -0.15) is 0 Å². The molecule has 5 heteroatoms. The summed E-state index contributed by atoms with van der Waals surface area (Å²) in [6.07, 6.45) is 0.815. The van der Waals surface area contributed by atoms with Crippen molar-refractivity contribution in [2.45, 2.75) is 19.0 Å². The Bertz CT molecular complexity index is 1240. The van der Waals surface area contributed by atoms with Crippen LogP contribution in [0, 0.1) is 0 Å². The van der Waals surface area contributed by atoms with Crippen LogP contribution in [0.4, 0.5) is 0 Å². The molecule has 3 aromatic carbocycles. The van der Waals surface area contributed by atoms with Gasteiger partial charge in [0.25, 0.3) is 5.91 Å². The summed E-state index contributed by atoms with van der Waals surface area (Å²) in [7, 11) is 0. The number of aromatic hydroxyl groups is 1. The van der Waals surface area contributed by atoms with Crippen LogP contribution in [-0.2, 0) is 13.0 Å². The maximum atomic E-state index is 13.9. The van der Waals surface area contributed by atoms with Gasteiger partial charge in [-0.15, -0.1) is 11.3 Å². The molecule has 1 atom stereocenters.